The van der Waals surface area contributed by atoms with E-state index in [9.17, 15) is 5.11 Å². The maximum Gasteiger partial charge on any atom is 0.161 e. The van der Waals surface area contributed by atoms with E-state index in [1.165, 1.54) is 0 Å². The van der Waals surface area contributed by atoms with Crippen molar-refractivity contribution in [2.45, 2.75) is 26.4 Å². The average Bonchev–Trinajstić information content (AvgIpc) is 2.96. The van der Waals surface area contributed by atoms with Crippen LogP contribution in [0.25, 0.3) is 0 Å². The van der Waals surface area contributed by atoms with Crippen molar-refractivity contribution in [3.63, 3.8) is 0 Å². The maximum absolute atomic E-state index is 10.3. The Morgan fingerprint density at radius 1 is 1.24 bits per heavy atom. The van der Waals surface area contributed by atoms with E-state index in [0.717, 1.165) is 12.0 Å². The van der Waals surface area contributed by atoms with E-state index in [1.807, 2.05) is 18.2 Å². The van der Waals surface area contributed by atoms with Crippen LogP contribution in [0.2, 0.25) is 0 Å². The van der Waals surface area contributed by atoms with Gasteiger partial charge in [-0.25, -0.2) is 0 Å². The fourth-order valence-corrected chi connectivity index (χ4v) is 2.32. The zero-order valence-corrected chi connectivity index (χ0v) is 10.9. The van der Waals surface area contributed by atoms with Gasteiger partial charge in [-0.3, -0.25) is 0 Å². The molecule has 3 heteroatoms. The SMILES string of the molecule is COc1ccc(C(O)C2CC2(C)C)cc1OC. The number of benzene rings is 1. The third kappa shape index (κ3) is 2.25. The van der Waals surface area contributed by atoms with Gasteiger partial charge < -0.3 is 14.6 Å². The normalized spacial score (nSPS) is 23.0. The second-order valence-electron chi connectivity index (χ2n) is 5.36. The Hall–Kier alpha value is -1.22. The van der Waals surface area contributed by atoms with Crippen molar-refractivity contribution in [3.05, 3.63) is 23.8 Å². The highest BCUT2D eigenvalue weighted by atomic mass is 16.5. The summed E-state index contributed by atoms with van der Waals surface area (Å²) in [4.78, 5) is 0. The number of aliphatic hydroxyl groups excluding tert-OH is 1. The highest BCUT2D eigenvalue weighted by molar-refractivity contribution is 5.43. The van der Waals surface area contributed by atoms with Crippen LogP contribution in [0, 0.1) is 11.3 Å². The number of hydrogen-bond acceptors (Lipinski definition) is 3. The molecule has 3 nitrogen and oxygen atoms in total. The third-order valence-corrected chi connectivity index (χ3v) is 3.72. The molecule has 1 aromatic rings. The largest absolute Gasteiger partial charge is 0.493 e. The Morgan fingerprint density at radius 3 is 2.29 bits per heavy atom. The van der Waals surface area contributed by atoms with Gasteiger partial charge in [-0.15, -0.1) is 0 Å². The maximum atomic E-state index is 10.3. The zero-order valence-electron chi connectivity index (χ0n) is 10.9. The van der Waals surface area contributed by atoms with Gasteiger partial charge in [0.25, 0.3) is 0 Å². The van der Waals surface area contributed by atoms with Crippen LogP contribution in [0.15, 0.2) is 18.2 Å². The minimum atomic E-state index is -0.412. The second-order valence-corrected chi connectivity index (χ2v) is 5.36. The molecule has 0 aliphatic heterocycles. The minimum Gasteiger partial charge on any atom is -0.493 e. The summed E-state index contributed by atoms with van der Waals surface area (Å²) in [5.41, 5.74) is 1.16. The van der Waals surface area contributed by atoms with Gasteiger partial charge >= 0.3 is 0 Å². The topological polar surface area (TPSA) is 38.7 Å². The Balaban J connectivity index is 2.22. The van der Waals surface area contributed by atoms with E-state index in [1.54, 1.807) is 14.2 Å². The smallest absolute Gasteiger partial charge is 0.161 e. The van der Waals surface area contributed by atoms with Gasteiger partial charge in [-0.2, -0.15) is 0 Å². The third-order valence-electron chi connectivity index (χ3n) is 3.72. The average molecular weight is 236 g/mol. The number of methoxy groups -OCH3 is 2. The molecule has 0 heterocycles. The molecular weight excluding hydrogens is 216 g/mol. The van der Waals surface area contributed by atoms with Gasteiger partial charge in [0.2, 0.25) is 0 Å². The van der Waals surface area contributed by atoms with Gasteiger partial charge in [-0.1, -0.05) is 19.9 Å². The monoisotopic (exact) mass is 236 g/mol. The van der Waals surface area contributed by atoms with Crippen molar-refractivity contribution in [2.24, 2.45) is 11.3 Å². The highest BCUT2D eigenvalue weighted by Crippen LogP contribution is 2.58. The van der Waals surface area contributed by atoms with Crippen LogP contribution in [0.5, 0.6) is 11.5 Å². The first-order chi connectivity index (χ1) is 7.99. The van der Waals surface area contributed by atoms with E-state index in [4.69, 9.17) is 9.47 Å². The summed E-state index contributed by atoms with van der Waals surface area (Å²) in [6.45, 7) is 4.36. The molecule has 17 heavy (non-hydrogen) atoms. The lowest BCUT2D eigenvalue weighted by Crippen LogP contribution is -2.05. The van der Waals surface area contributed by atoms with Crippen LogP contribution in [-0.2, 0) is 0 Å². The van der Waals surface area contributed by atoms with Crippen LogP contribution in [-0.4, -0.2) is 19.3 Å². The molecule has 94 valence electrons. The first-order valence-corrected chi connectivity index (χ1v) is 5.89. The first kappa shape index (κ1) is 12.2. The Bertz CT molecular complexity index is 412. The van der Waals surface area contributed by atoms with Gasteiger partial charge in [0.15, 0.2) is 11.5 Å². The van der Waals surface area contributed by atoms with E-state index < -0.39 is 6.10 Å². The Labute approximate surface area is 102 Å². The molecule has 2 rings (SSSR count). The predicted octanol–water partition coefficient (Wildman–Crippen LogP) is 2.78. The van der Waals surface area contributed by atoms with Gasteiger partial charge in [-0.05, 0) is 35.4 Å². The summed E-state index contributed by atoms with van der Waals surface area (Å²) < 4.78 is 10.4. The van der Waals surface area contributed by atoms with Crippen LogP contribution >= 0.6 is 0 Å². The zero-order chi connectivity index (χ0) is 12.6. The van der Waals surface area contributed by atoms with E-state index in [2.05, 4.69) is 13.8 Å². The number of aliphatic hydroxyl groups is 1. The van der Waals surface area contributed by atoms with Crippen LogP contribution in [0.4, 0.5) is 0 Å². The molecule has 0 spiro atoms. The van der Waals surface area contributed by atoms with Crippen molar-refractivity contribution in [1.29, 1.82) is 0 Å². The van der Waals surface area contributed by atoms with E-state index in [-0.39, 0.29) is 5.41 Å². The van der Waals surface area contributed by atoms with Gasteiger partial charge in [0.05, 0.1) is 20.3 Å². The van der Waals surface area contributed by atoms with Crippen molar-refractivity contribution in [1.82, 2.24) is 0 Å². The van der Waals surface area contributed by atoms with Gasteiger partial charge in [0.1, 0.15) is 0 Å². The molecule has 1 aliphatic carbocycles. The lowest BCUT2D eigenvalue weighted by molar-refractivity contribution is 0.138. The lowest BCUT2D eigenvalue weighted by Gasteiger charge is -2.15. The molecule has 0 aromatic heterocycles. The molecule has 0 amide bonds. The highest BCUT2D eigenvalue weighted by Gasteiger charge is 2.50. The molecule has 1 fully saturated rings. The standard InChI is InChI=1S/C14H20O3/c1-14(2)8-10(14)13(15)9-5-6-11(16-3)12(7-9)17-4/h5-7,10,13,15H,8H2,1-4H3. The summed E-state index contributed by atoms with van der Waals surface area (Å²) in [6, 6.07) is 5.60. The van der Waals surface area contributed by atoms with E-state index in [0.29, 0.717) is 17.4 Å². The van der Waals surface area contributed by atoms with Crippen molar-refractivity contribution < 1.29 is 14.6 Å². The predicted molar refractivity (Wildman–Crippen MR) is 66.4 cm³/mol. The van der Waals surface area contributed by atoms with E-state index >= 15 is 0 Å². The lowest BCUT2D eigenvalue weighted by atomic mass is 9.99. The summed E-state index contributed by atoms with van der Waals surface area (Å²) in [6.07, 6.45) is 0.660. The minimum absolute atomic E-state index is 0.257. The molecule has 1 aliphatic rings. The molecule has 0 bridgehead atoms. The summed E-state index contributed by atoms with van der Waals surface area (Å²) in [7, 11) is 3.22. The fourth-order valence-electron chi connectivity index (χ4n) is 2.32. The number of ether oxygens (including phenoxy) is 2. The van der Waals surface area contributed by atoms with Crippen molar-refractivity contribution in [3.8, 4) is 11.5 Å². The van der Waals surface area contributed by atoms with Crippen molar-refractivity contribution in [2.75, 3.05) is 14.2 Å². The molecule has 2 atom stereocenters. The van der Waals surface area contributed by atoms with Crippen LogP contribution in [0.1, 0.15) is 31.9 Å². The van der Waals surface area contributed by atoms with Crippen LogP contribution < -0.4 is 9.47 Å². The summed E-state index contributed by atoms with van der Waals surface area (Å²) >= 11 is 0. The molecule has 1 N–H and O–H groups in total. The Kier molecular flexibility index (Phi) is 3.04. The fraction of sp³-hybridized carbons (Fsp3) is 0.571. The van der Waals surface area contributed by atoms with Gasteiger partial charge in [0, 0.05) is 0 Å². The second kappa shape index (κ2) is 4.22. The summed E-state index contributed by atoms with van der Waals surface area (Å²) in [5.74, 6) is 1.71. The molecule has 0 saturated heterocycles. The molecular formula is C14H20O3. The molecule has 2 unspecified atom stereocenters. The van der Waals surface area contributed by atoms with Crippen molar-refractivity contribution >= 4 is 0 Å². The molecule has 0 radical (unpaired) electrons. The number of hydrogen-bond donors (Lipinski definition) is 1. The quantitative estimate of drug-likeness (QED) is 0.873. The molecule has 1 aromatic carbocycles. The molecule has 1 saturated carbocycles. The number of rotatable bonds is 4. The van der Waals surface area contributed by atoms with Crippen LogP contribution in [0.3, 0.4) is 0 Å². The first-order valence-electron chi connectivity index (χ1n) is 5.89. The Morgan fingerprint density at radius 2 is 1.82 bits per heavy atom. The summed E-state index contributed by atoms with van der Waals surface area (Å²) in [5, 5.41) is 10.3.